The molecule has 0 radical (unpaired) electrons. The molecule has 4 rings (SSSR count). The highest BCUT2D eigenvalue weighted by Gasteiger charge is 2.48. The summed E-state index contributed by atoms with van der Waals surface area (Å²) < 4.78 is 0. The first-order valence-electron chi connectivity index (χ1n) is 10.7. The Balaban J connectivity index is 0.00000272. The molecule has 2 saturated heterocycles. The minimum absolute atomic E-state index is 0. The first kappa shape index (κ1) is 23.2. The predicted octanol–water partition coefficient (Wildman–Crippen LogP) is 2.52. The van der Waals surface area contributed by atoms with Crippen LogP contribution in [0.5, 0.6) is 0 Å². The molecule has 2 aromatic rings. The maximum absolute atomic E-state index is 13.0. The number of rotatable bonds is 7. The monoisotopic (exact) mass is 443 g/mol. The molecule has 31 heavy (non-hydrogen) atoms. The first-order chi connectivity index (χ1) is 14.6. The number of unbranched alkanes of at least 4 members (excludes halogenated alkanes) is 1. The fourth-order valence-electron chi connectivity index (χ4n) is 4.37. The molecule has 1 atom stereocenters. The van der Waals surface area contributed by atoms with Gasteiger partial charge in [-0.25, -0.2) is 9.97 Å². The summed E-state index contributed by atoms with van der Waals surface area (Å²) >= 11 is 0. The number of piperazine rings is 1. The van der Waals surface area contributed by atoms with Crippen molar-refractivity contribution < 1.29 is 9.59 Å². The smallest absolute Gasteiger partial charge is 0.240 e. The second-order valence-corrected chi connectivity index (χ2v) is 8.31. The lowest BCUT2D eigenvalue weighted by Gasteiger charge is -2.34. The molecule has 0 aliphatic carbocycles. The van der Waals surface area contributed by atoms with Crippen molar-refractivity contribution in [3.63, 3.8) is 0 Å². The lowest BCUT2D eigenvalue weighted by molar-refractivity contribution is -0.139. The van der Waals surface area contributed by atoms with Crippen LogP contribution in [-0.4, -0.2) is 70.9 Å². The van der Waals surface area contributed by atoms with Crippen LogP contribution in [0.3, 0.4) is 0 Å². The number of hydrogen-bond acceptors (Lipinski definition) is 6. The number of carbonyl (C=O) groups is 2. The van der Waals surface area contributed by atoms with Gasteiger partial charge in [-0.2, -0.15) is 0 Å². The maximum atomic E-state index is 13.0. The number of carbonyl (C=O) groups excluding carboxylic acids is 2. The standard InChI is InChI=1S/C23H29N5O2.ClH/c1-23(19-8-3-2-4-9-19)18-20(29)28(21(23)30)13-6-5-12-26-14-16-27(17-15-26)22-24-10-7-11-25-22;/h2-4,7-11H,5-6,12-18H2,1H3;1H. The van der Waals surface area contributed by atoms with Crippen LogP contribution in [0, 0.1) is 0 Å². The van der Waals surface area contributed by atoms with E-state index in [2.05, 4.69) is 19.8 Å². The molecular weight excluding hydrogens is 414 g/mol. The molecule has 2 aliphatic heterocycles. The Hall–Kier alpha value is -2.51. The van der Waals surface area contributed by atoms with Crippen LogP contribution < -0.4 is 4.90 Å². The summed E-state index contributed by atoms with van der Waals surface area (Å²) in [5, 5.41) is 0. The Labute approximate surface area is 189 Å². The fraction of sp³-hybridized carbons (Fsp3) is 0.478. The lowest BCUT2D eigenvalue weighted by atomic mass is 9.81. The minimum Gasteiger partial charge on any atom is -0.338 e. The van der Waals surface area contributed by atoms with Gasteiger partial charge in [0.1, 0.15) is 0 Å². The van der Waals surface area contributed by atoms with Crippen LogP contribution in [-0.2, 0) is 15.0 Å². The number of benzene rings is 1. The van der Waals surface area contributed by atoms with Crippen LogP contribution >= 0.6 is 12.4 Å². The van der Waals surface area contributed by atoms with Crippen LogP contribution in [0.2, 0.25) is 0 Å². The molecule has 7 nitrogen and oxygen atoms in total. The molecule has 1 unspecified atom stereocenters. The highest BCUT2D eigenvalue weighted by molar-refractivity contribution is 6.08. The van der Waals surface area contributed by atoms with Gasteiger partial charge in [0.2, 0.25) is 17.8 Å². The number of halogens is 1. The molecule has 2 fully saturated rings. The van der Waals surface area contributed by atoms with Gasteiger partial charge < -0.3 is 4.90 Å². The first-order valence-corrected chi connectivity index (χ1v) is 10.7. The van der Waals surface area contributed by atoms with Crippen LogP contribution in [0.1, 0.15) is 31.7 Å². The molecule has 2 aliphatic rings. The van der Waals surface area contributed by atoms with Gasteiger partial charge >= 0.3 is 0 Å². The number of aromatic nitrogens is 2. The van der Waals surface area contributed by atoms with Crippen LogP contribution in [0.4, 0.5) is 5.95 Å². The van der Waals surface area contributed by atoms with Crippen molar-refractivity contribution in [2.75, 3.05) is 44.2 Å². The summed E-state index contributed by atoms with van der Waals surface area (Å²) in [4.78, 5) is 40.3. The molecule has 1 aromatic heterocycles. The van der Waals surface area contributed by atoms with E-state index in [1.807, 2.05) is 43.3 Å². The van der Waals surface area contributed by atoms with Gasteiger partial charge in [0.25, 0.3) is 0 Å². The third-order valence-electron chi connectivity index (χ3n) is 6.25. The molecular formula is C23H30ClN5O2. The Bertz CT molecular complexity index is 874. The summed E-state index contributed by atoms with van der Waals surface area (Å²) in [6.07, 6.45) is 5.63. The number of nitrogens with zero attached hydrogens (tertiary/aromatic N) is 5. The third kappa shape index (κ3) is 5.05. The molecule has 0 bridgehead atoms. The lowest BCUT2D eigenvalue weighted by Crippen LogP contribution is -2.47. The molecule has 8 heteroatoms. The molecule has 0 N–H and O–H groups in total. The molecule has 166 valence electrons. The van der Waals surface area contributed by atoms with E-state index in [0.717, 1.165) is 57.1 Å². The molecule has 2 amide bonds. The second-order valence-electron chi connectivity index (χ2n) is 8.31. The van der Waals surface area contributed by atoms with Gasteiger partial charge in [0.15, 0.2) is 0 Å². The Morgan fingerprint density at radius 3 is 2.23 bits per heavy atom. The van der Waals surface area contributed by atoms with Crippen molar-refractivity contribution in [1.82, 2.24) is 19.8 Å². The highest BCUT2D eigenvalue weighted by Crippen LogP contribution is 2.36. The summed E-state index contributed by atoms with van der Waals surface area (Å²) in [6.45, 7) is 7.18. The van der Waals surface area contributed by atoms with Crippen LogP contribution in [0.25, 0.3) is 0 Å². The topological polar surface area (TPSA) is 69.6 Å². The molecule has 1 aromatic carbocycles. The van der Waals surface area contributed by atoms with Crippen molar-refractivity contribution in [3.05, 3.63) is 54.4 Å². The summed E-state index contributed by atoms with van der Waals surface area (Å²) in [7, 11) is 0. The summed E-state index contributed by atoms with van der Waals surface area (Å²) in [6, 6.07) is 11.5. The van der Waals surface area contributed by atoms with E-state index < -0.39 is 5.41 Å². The van der Waals surface area contributed by atoms with E-state index in [0.29, 0.717) is 6.54 Å². The number of amides is 2. The molecule has 0 saturated carbocycles. The second kappa shape index (κ2) is 10.2. The predicted molar refractivity (Wildman–Crippen MR) is 122 cm³/mol. The average Bonchev–Trinajstić information content (AvgIpc) is 3.02. The Morgan fingerprint density at radius 2 is 1.55 bits per heavy atom. The van der Waals surface area contributed by atoms with Crippen molar-refractivity contribution >= 4 is 30.2 Å². The van der Waals surface area contributed by atoms with Gasteiger partial charge in [0, 0.05) is 51.5 Å². The van der Waals surface area contributed by atoms with E-state index in [9.17, 15) is 9.59 Å². The zero-order valence-electron chi connectivity index (χ0n) is 17.9. The van der Waals surface area contributed by atoms with E-state index in [1.54, 1.807) is 12.4 Å². The number of hydrogen-bond donors (Lipinski definition) is 0. The third-order valence-corrected chi connectivity index (χ3v) is 6.25. The highest BCUT2D eigenvalue weighted by atomic mass is 35.5. The van der Waals surface area contributed by atoms with Gasteiger partial charge in [-0.05, 0) is 37.9 Å². The fourth-order valence-corrected chi connectivity index (χ4v) is 4.37. The normalized spacial score (nSPS) is 22.0. The summed E-state index contributed by atoms with van der Waals surface area (Å²) in [5.74, 6) is 0.683. The maximum Gasteiger partial charge on any atom is 0.240 e. The van der Waals surface area contributed by atoms with E-state index >= 15 is 0 Å². The van der Waals surface area contributed by atoms with Crippen molar-refractivity contribution in [2.45, 2.75) is 31.6 Å². The Kier molecular flexibility index (Phi) is 7.62. The zero-order valence-corrected chi connectivity index (χ0v) is 18.8. The number of anilines is 1. The average molecular weight is 444 g/mol. The van der Waals surface area contributed by atoms with Gasteiger partial charge in [-0.3, -0.25) is 19.4 Å². The minimum atomic E-state index is -0.728. The van der Waals surface area contributed by atoms with E-state index in [-0.39, 0.29) is 30.6 Å². The number of imide groups is 1. The van der Waals surface area contributed by atoms with E-state index in [4.69, 9.17) is 0 Å². The van der Waals surface area contributed by atoms with Crippen molar-refractivity contribution in [1.29, 1.82) is 0 Å². The van der Waals surface area contributed by atoms with Gasteiger partial charge in [-0.1, -0.05) is 30.3 Å². The van der Waals surface area contributed by atoms with Crippen molar-refractivity contribution in [2.24, 2.45) is 0 Å². The zero-order chi connectivity index (χ0) is 21.0. The van der Waals surface area contributed by atoms with Gasteiger partial charge in [0.05, 0.1) is 5.41 Å². The van der Waals surface area contributed by atoms with Crippen molar-refractivity contribution in [3.8, 4) is 0 Å². The van der Waals surface area contributed by atoms with E-state index in [1.165, 1.54) is 4.90 Å². The summed E-state index contributed by atoms with van der Waals surface area (Å²) in [5.41, 5.74) is 0.194. The SMILES string of the molecule is CC1(c2ccccc2)CC(=O)N(CCCCN2CCN(c3ncccn3)CC2)C1=O.Cl. The molecule has 0 spiro atoms. The quantitative estimate of drug-likeness (QED) is 0.483. The van der Waals surface area contributed by atoms with Crippen LogP contribution in [0.15, 0.2) is 48.8 Å². The Morgan fingerprint density at radius 1 is 0.903 bits per heavy atom. The largest absolute Gasteiger partial charge is 0.338 e. The molecule has 3 heterocycles. The van der Waals surface area contributed by atoms with Gasteiger partial charge in [-0.15, -0.1) is 12.4 Å². The number of likely N-dealkylation sites (tertiary alicyclic amines) is 1.